The second-order valence-electron chi connectivity index (χ2n) is 18.0. The maximum Gasteiger partial charge on any atom is 2.00 e. The van der Waals surface area contributed by atoms with Gasteiger partial charge in [-0.2, -0.15) is 198 Å². The largest absolute Gasteiger partial charge is 2.00 e. The van der Waals surface area contributed by atoms with Crippen molar-refractivity contribution in [2.24, 2.45) is 5.10 Å². The van der Waals surface area contributed by atoms with Crippen molar-refractivity contribution in [2.45, 2.75) is 17.9 Å². The molecule has 12 aromatic carbocycles. The Morgan fingerprint density at radius 3 is 1.15 bits per heavy atom. The smallest absolute Gasteiger partial charge is 0.857 e. The molecule has 0 amide bonds. The van der Waals surface area contributed by atoms with E-state index in [1.165, 1.54) is 44.5 Å². The van der Waals surface area contributed by atoms with Gasteiger partial charge >= 0.3 is 85.3 Å². The number of hydrogen-bond acceptors (Lipinski definition) is 2. The number of benzene rings is 2. The molecule has 79 heavy (non-hydrogen) atoms. The standard InChI is InChI=1S/C46H32N2O.5C5H5.5Fe/c49-40-29-39(48(47-40)45-37-27-13-11-25-35(37)36-26-12-14-28-38(36)45)46(34-23-9-10-24-34)43(32-19-5-6-20-32)41(30-15-1-2-16-30)42(31-17-3-4-18-31)44(46)33-21-7-8-22-33;5*1-2-4-5-3-1;;;;;/h1-28,39H,29H2,(H,47,49);5*1-5H;;;;;/q-4;5*-1;5*+2/p-1. The van der Waals surface area contributed by atoms with Crippen LogP contribution in [0.15, 0.2) is 327 Å². The van der Waals surface area contributed by atoms with E-state index >= 15 is 0 Å². The van der Waals surface area contributed by atoms with Crippen molar-refractivity contribution in [3.05, 3.63) is 360 Å². The Morgan fingerprint density at radius 2 is 0.785 bits per heavy atom. The molecule has 1 heterocycles. The van der Waals surface area contributed by atoms with E-state index < -0.39 is 5.41 Å². The number of rotatable bonds is 6. The zero-order valence-electron chi connectivity index (χ0n) is 43.0. The van der Waals surface area contributed by atoms with E-state index in [9.17, 15) is 5.11 Å². The van der Waals surface area contributed by atoms with E-state index in [1.54, 1.807) is 0 Å². The van der Waals surface area contributed by atoms with Crippen LogP contribution in [0.5, 0.6) is 0 Å². The quantitative estimate of drug-likeness (QED) is 0.0929. The number of fused-ring (bicyclic) bond motifs is 3. The molecular weight excluding hydrogens is 1180 g/mol. The van der Waals surface area contributed by atoms with Crippen molar-refractivity contribution in [2.75, 3.05) is 0 Å². The summed E-state index contributed by atoms with van der Waals surface area (Å²) in [5, 5.41) is 19.0. The fourth-order valence-electron chi connectivity index (χ4n) is 10.6. The van der Waals surface area contributed by atoms with Gasteiger partial charge < -0.3 is 5.11 Å². The predicted molar refractivity (Wildman–Crippen MR) is 307 cm³/mol. The number of allylic oxidation sites excluding steroid dienone is 2. The molecule has 0 saturated carbocycles. The van der Waals surface area contributed by atoms with Crippen molar-refractivity contribution in [1.29, 1.82) is 0 Å². The van der Waals surface area contributed by atoms with Crippen LogP contribution in [0.4, 0.5) is 0 Å². The summed E-state index contributed by atoms with van der Waals surface area (Å²) in [4.78, 5) is 0. The van der Waals surface area contributed by atoms with Gasteiger partial charge in [0.1, 0.15) is 0 Å². The van der Waals surface area contributed by atoms with Gasteiger partial charge in [0, 0.05) is 17.7 Å². The van der Waals surface area contributed by atoms with E-state index in [1.807, 2.05) is 152 Å². The number of hydrogen-bond donors (Lipinski definition) is 0. The monoisotopic (exact) mass is 1230 g/mol. The molecule has 0 spiro atoms. The molecule has 12 aromatic rings. The third kappa shape index (κ3) is 14.1. The normalized spacial score (nSPS) is 14.9. The molecule has 1 aliphatic heterocycles. The summed E-state index contributed by atoms with van der Waals surface area (Å²) in [6, 6.07) is 110. The molecule has 3 nitrogen and oxygen atoms in total. The molecule has 0 radical (unpaired) electrons. The molecule has 2 aliphatic carbocycles. The summed E-state index contributed by atoms with van der Waals surface area (Å²) in [7, 11) is 0. The molecule has 0 fully saturated rings. The molecule has 0 bridgehead atoms. The van der Waals surface area contributed by atoms with Crippen molar-refractivity contribution >= 4 is 33.9 Å². The fourth-order valence-corrected chi connectivity index (χ4v) is 10.6. The van der Waals surface area contributed by atoms with Crippen LogP contribution in [0.1, 0.15) is 45.4 Å². The second kappa shape index (κ2) is 31.7. The van der Waals surface area contributed by atoms with Crippen molar-refractivity contribution in [1.82, 2.24) is 0 Å². The first kappa shape index (κ1) is 63.0. The Hall–Kier alpha value is -6.84. The van der Waals surface area contributed by atoms with Gasteiger partial charge in [0.05, 0.1) is 11.1 Å². The maximum atomic E-state index is 14.1. The molecular formula is C71H56Fe5N2O. The zero-order chi connectivity index (χ0) is 50.2. The molecule has 1 unspecified atom stereocenters. The van der Waals surface area contributed by atoms with Gasteiger partial charge in [-0.3, -0.25) is 0 Å². The Labute approximate surface area is 519 Å². The second-order valence-corrected chi connectivity index (χ2v) is 18.0. The van der Waals surface area contributed by atoms with Gasteiger partial charge in [0.2, 0.25) is 5.71 Å². The Morgan fingerprint density at radius 1 is 0.405 bits per heavy atom. The summed E-state index contributed by atoms with van der Waals surface area (Å²) in [5.74, 6) is -0.106. The average Bonchev–Trinajstić information content (AvgIpc) is 3.67. The summed E-state index contributed by atoms with van der Waals surface area (Å²) in [6.45, 7) is 0. The van der Waals surface area contributed by atoms with Crippen LogP contribution in [0.25, 0.3) is 33.4 Å². The van der Waals surface area contributed by atoms with Crippen LogP contribution < -0.4 is 5.11 Å². The van der Waals surface area contributed by atoms with Gasteiger partial charge in [0.25, 0.3) is 0 Å². The van der Waals surface area contributed by atoms with E-state index in [-0.39, 0.29) is 104 Å². The zero-order valence-corrected chi connectivity index (χ0v) is 48.5. The molecule has 8 heteroatoms. The first-order valence-electron chi connectivity index (χ1n) is 25.3. The predicted octanol–water partition coefficient (Wildman–Crippen LogP) is 15.7. The van der Waals surface area contributed by atoms with Crippen molar-refractivity contribution in [3.63, 3.8) is 0 Å². The third-order valence-electron chi connectivity index (χ3n) is 13.5. The minimum Gasteiger partial charge on any atom is -0.857 e. The van der Waals surface area contributed by atoms with Gasteiger partial charge in [-0.05, 0) is 28.4 Å². The Kier molecular flexibility index (Phi) is 25.3. The van der Waals surface area contributed by atoms with E-state index in [0.717, 1.165) is 33.5 Å². The summed E-state index contributed by atoms with van der Waals surface area (Å²) >= 11 is 0. The molecule has 0 saturated heterocycles. The molecule has 0 aromatic heterocycles. The Balaban J connectivity index is 0.000000314. The first-order chi connectivity index (χ1) is 36.7. The van der Waals surface area contributed by atoms with Gasteiger partial charge in [-0.1, -0.05) is 41.1 Å². The Bertz CT molecular complexity index is 3170. The van der Waals surface area contributed by atoms with E-state index in [4.69, 9.17) is 5.10 Å². The van der Waals surface area contributed by atoms with E-state index in [2.05, 4.69) is 175 Å². The third-order valence-corrected chi connectivity index (χ3v) is 13.5. The molecule has 3 aliphatic rings. The van der Waals surface area contributed by atoms with Crippen LogP contribution in [0.3, 0.4) is 0 Å². The summed E-state index contributed by atoms with van der Waals surface area (Å²) < 4.78 is 2.11. The molecule has 0 N–H and O–H groups in total. The van der Waals surface area contributed by atoms with Gasteiger partial charge in [0.15, 0.2) is 6.04 Å². The minimum atomic E-state index is -0.777. The topological polar surface area (TPSA) is 38.4 Å². The number of hydrazone groups is 1. The summed E-state index contributed by atoms with van der Waals surface area (Å²) in [6.07, 6.45) is 0.274. The fraction of sp³-hybridized carbons (Fsp3) is 0.0423. The average molecular weight is 1230 g/mol. The van der Waals surface area contributed by atoms with Gasteiger partial charge in [-0.15, -0.1) is 52.6 Å². The van der Waals surface area contributed by atoms with Crippen LogP contribution in [0, 0.1) is 0 Å². The minimum absolute atomic E-state index is 0. The number of nitrogens with zero attached hydrogens (tertiary/aromatic N) is 2. The summed E-state index contributed by atoms with van der Waals surface area (Å²) in [5.41, 5.74) is 15.4. The van der Waals surface area contributed by atoms with Crippen molar-refractivity contribution in [3.8, 4) is 11.1 Å². The van der Waals surface area contributed by atoms with Gasteiger partial charge in [-0.25, -0.2) is 72.8 Å². The van der Waals surface area contributed by atoms with Crippen molar-refractivity contribution < 1.29 is 95.1 Å². The maximum absolute atomic E-state index is 14.1. The van der Waals surface area contributed by atoms with Crippen LogP contribution in [-0.2, 0) is 90.8 Å². The van der Waals surface area contributed by atoms with Crippen LogP contribution in [-0.4, -0.2) is 22.3 Å². The van der Waals surface area contributed by atoms with E-state index in [0.29, 0.717) is 0 Å². The first-order valence-corrected chi connectivity index (χ1v) is 25.3. The molecule has 1 atom stereocenters. The molecule has 15 rings (SSSR count). The van der Waals surface area contributed by atoms with Crippen LogP contribution >= 0.6 is 0 Å². The molecule has 396 valence electrons. The SMILES string of the molecule is [Fe+2].[Fe+2].[Fe+2].[Fe+2].[Fe+2].[O-]C1=N[N+](=C2c3ccccc3-c3ccccc32)C(C2(c3ccc[cH-]3)C(c3ccc[cH-]3)=C([c-]3cccc3)C([c-]3cccc3)=C2[c-]2cccc2)C1.c1cc[cH-]c1.c1cc[cH-]c1.c1cc[cH-]c1.c1cc[cH-]c1.c1cc[cH-]c1. The van der Waals surface area contributed by atoms with Crippen LogP contribution in [0.2, 0.25) is 0 Å².